The second-order valence-electron chi connectivity index (χ2n) is 11.7. The third-order valence-corrected chi connectivity index (χ3v) is 9.25. The molecule has 5 rings (SSSR count). The Morgan fingerprint density at radius 2 is 1.85 bits per heavy atom. The number of alkyl halides is 1. The lowest BCUT2D eigenvalue weighted by molar-refractivity contribution is -0.133. The van der Waals surface area contributed by atoms with E-state index in [-0.39, 0.29) is 72.3 Å². The van der Waals surface area contributed by atoms with Crippen molar-refractivity contribution < 1.29 is 23.1 Å². The Balaban J connectivity index is 1.23. The fourth-order valence-corrected chi connectivity index (χ4v) is 6.63. The fourth-order valence-electron chi connectivity index (χ4n) is 6.40. The molecule has 1 saturated heterocycles. The van der Waals surface area contributed by atoms with Crippen molar-refractivity contribution in [3.63, 3.8) is 0 Å². The summed E-state index contributed by atoms with van der Waals surface area (Å²) in [7, 11) is 1.94. The highest BCUT2D eigenvalue weighted by molar-refractivity contribution is 6.33. The van der Waals surface area contributed by atoms with Crippen molar-refractivity contribution in [2.24, 2.45) is 5.92 Å². The van der Waals surface area contributed by atoms with Crippen molar-refractivity contribution in [3.8, 4) is 0 Å². The third kappa shape index (κ3) is 5.98. The van der Waals surface area contributed by atoms with Crippen molar-refractivity contribution in [1.82, 2.24) is 4.90 Å². The van der Waals surface area contributed by atoms with Gasteiger partial charge in [-0.2, -0.15) is 0 Å². The number of nitrogens with one attached hydrogen (secondary N) is 1. The minimum Gasteiger partial charge on any atom is -0.376 e. The maximum atomic E-state index is 15.2. The van der Waals surface area contributed by atoms with Crippen molar-refractivity contribution >= 4 is 34.8 Å². The minimum absolute atomic E-state index is 0.0203. The smallest absolute Gasteiger partial charge is 0.234 e. The van der Waals surface area contributed by atoms with Gasteiger partial charge in [-0.25, -0.2) is 8.78 Å². The molecule has 1 aliphatic carbocycles. The quantitative estimate of drug-likeness (QED) is 0.434. The van der Waals surface area contributed by atoms with Crippen LogP contribution in [-0.2, 0) is 20.7 Å². The molecule has 0 bridgehead atoms. The summed E-state index contributed by atoms with van der Waals surface area (Å²) in [6, 6.07) is 9.79. The standard InChI is InChI=1S/C31H38ClF2N3O3/c1-18-8-10-23(11-9-18)40-17-22-14-21(33)16-37(22)29(38)13-20-12-25(32)27(15-26(20)34)35-31(39)30-19(2)36(3)28-7-5-4-6-24(28)30/h4-7,12,15,18-19,21-23,30H,8-11,13-14,16-17H2,1-3H3,(H,35,39)/t18-,19?,21-,22-,23-,30?/m0/s1. The average molecular weight is 574 g/mol. The van der Waals surface area contributed by atoms with Crippen LogP contribution in [0, 0.1) is 11.7 Å². The number of likely N-dealkylation sites (tertiary alicyclic amines) is 1. The zero-order chi connectivity index (χ0) is 28.6. The minimum atomic E-state index is -1.13. The molecular weight excluding hydrogens is 536 g/mol. The Bertz CT molecular complexity index is 1250. The number of likely N-dealkylation sites (N-methyl/N-ethyl adjacent to an activating group) is 1. The topological polar surface area (TPSA) is 61.9 Å². The first-order valence-corrected chi connectivity index (χ1v) is 14.7. The van der Waals surface area contributed by atoms with E-state index in [9.17, 15) is 14.0 Å². The van der Waals surface area contributed by atoms with Crippen LogP contribution in [0.1, 0.15) is 63.0 Å². The van der Waals surface area contributed by atoms with Gasteiger partial charge in [0.1, 0.15) is 12.0 Å². The summed E-state index contributed by atoms with van der Waals surface area (Å²) in [4.78, 5) is 30.0. The normalized spacial score (nSPS) is 28.1. The number of para-hydroxylation sites is 1. The van der Waals surface area contributed by atoms with Crippen molar-refractivity contribution in [1.29, 1.82) is 0 Å². The van der Waals surface area contributed by atoms with Crippen molar-refractivity contribution in [2.75, 3.05) is 30.4 Å². The summed E-state index contributed by atoms with van der Waals surface area (Å²) in [6.45, 7) is 4.47. The van der Waals surface area contributed by atoms with Gasteiger partial charge in [0.2, 0.25) is 11.8 Å². The lowest BCUT2D eigenvalue weighted by Gasteiger charge is -2.30. The maximum Gasteiger partial charge on any atom is 0.234 e. The number of hydrogen-bond donors (Lipinski definition) is 1. The number of carbonyl (C=O) groups is 2. The number of halogens is 3. The first-order chi connectivity index (χ1) is 19.1. The molecule has 9 heteroatoms. The number of ether oxygens (including phenoxy) is 1. The molecule has 2 fully saturated rings. The van der Waals surface area contributed by atoms with E-state index in [1.165, 1.54) is 11.0 Å². The number of hydrogen-bond acceptors (Lipinski definition) is 4. The van der Waals surface area contributed by atoms with Crippen LogP contribution in [0.3, 0.4) is 0 Å². The Morgan fingerprint density at radius 1 is 1.12 bits per heavy atom. The largest absolute Gasteiger partial charge is 0.376 e. The highest BCUT2D eigenvalue weighted by atomic mass is 35.5. The van der Waals surface area contributed by atoms with E-state index in [0.29, 0.717) is 5.92 Å². The van der Waals surface area contributed by atoms with E-state index >= 15 is 4.39 Å². The lowest BCUT2D eigenvalue weighted by atomic mass is 9.89. The summed E-state index contributed by atoms with van der Waals surface area (Å²) >= 11 is 6.46. The van der Waals surface area contributed by atoms with Gasteiger partial charge in [-0.1, -0.05) is 36.7 Å². The van der Waals surface area contributed by atoms with Crippen molar-refractivity contribution in [3.05, 3.63) is 58.4 Å². The van der Waals surface area contributed by atoms with Gasteiger partial charge < -0.3 is 19.9 Å². The highest BCUT2D eigenvalue weighted by Gasteiger charge is 2.39. The predicted molar refractivity (Wildman–Crippen MR) is 153 cm³/mol. The molecule has 2 aliphatic heterocycles. The number of rotatable bonds is 7. The number of fused-ring (bicyclic) bond motifs is 1. The van der Waals surface area contributed by atoms with Crippen LogP contribution in [0.4, 0.5) is 20.2 Å². The van der Waals surface area contributed by atoms with Crippen LogP contribution in [0.15, 0.2) is 36.4 Å². The molecular formula is C31H38ClF2N3O3. The Morgan fingerprint density at radius 3 is 2.60 bits per heavy atom. The molecule has 216 valence electrons. The summed E-state index contributed by atoms with van der Waals surface area (Å²) in [5.41, 5.74) is 2.14. The number of benzene rings is 2. The molecule has 1 N–H and O–H groups in total. The van der Waals surface area contributed by atoms with Gasteiger partial charge in [0, 0.05) is 25.2 Å². The third-order valence-electron chi connectivity index (χ3n) is 8.93. The van der Waals surface area contributed by atoms with Gasteiger partial charge >= 0.3 is 0 Å². The second-order valence-corrected chi connectivity index (χ2v) is 12.1. The molecule has 2 amide bonds. The van der Waals surface area contributed by atoms with Crippen LogP contribution >= 0.6 is 11.6 Å². The molecule has 0 aromatic heterocycles. The lowest BCUT2D eigenvalue weighted by Crippen LogP contribution is -2.40. The van der Waals surface area contributed by atoms with Crippen LogP contribution in [-0.4, -0.2) is 61.3 Å². The first-order valence-electron chi connectivity index (χ1n) is 14.3. The monoisotopic (exact) mass is 573 g/mol. The number of nitrogens with zero attached hydrogens (tertiary/aromatic N) is 2. The second kappa shape index (κ2) is 12.0. The van der Waals surface area contributed by atoms with Crippen LogP contribution in [0.25, 0.3) is 0 Å². The van der Waals surface area contributed by atoms with Gasteiger partial charge in [0.05, 0.1) is 48.3 Å². The summed E-state index contributed by atoms with van der Waals surface area (Å²) in [6.07, 6.45) is 3.19. The van der Waals surface area contributed by atoms with Gasteiger partial charge in [-0.15, -0.1) is 0 Å². The summed E-state index contributed by atoms with van der Waals surface area (Å²) in [5, 5.41) is 2.92. The fraction of sp³-hybridized carbons (Fsp3) is 0.548. The molecule has 2 unspecified atom stereocenters. The first kappa shape index (κ1) is 28.8. The average Bonchev–Trinajstić information content (AvgIpc) is 3.43. The van der Waals surface area contributed by atoms with E-state index in [1.54, 1.807) is 0 Å². The van der Waals surface area contributed by atoms with Gasteiger partial charge in [-0.3, -0.25) is 9.59 Å². The molecule has 2 aromatic rings. The molecule has 0 spiro atoms. The summed E-state index contributed by atoms with van der Waals surface area (Å²) < 4.78 is 35.6. The van der Waals surface area contributed by atoms with E-state index in [1.807, 2.05) is 43.1 Å². The van der Waals surface area contributed by atoms with E-state index in [0.717, 1.165) is 43.0 Å². The molecule has 2 heterocycles. The molecule has 4 atom stereocenters. The SMILES string of the molecule is CC1C(C(=O)Nc2cc(F)c(CC(=O)N3C[C@@H](F)C[C@H]3CO[C@H]3CC[C@H](C)CC3)cc2Cl)c2ccccc2N1C. The molecule has 2 aromatic carbocycles. The predicted octanol–water partition coefficient (Wildman–Crippen LogP) is 6.12. The van der Waals surface area contributed by atoms with Crippen LogP contribution < -0.4 is 10.2 Å². The van der Waals surface area contributed by atoms with Gasteiger partial charge in [0.25, 0.3) is 0 Å². The number of anilines is 2. The highest BCUT2D eigenvalue weighted by Crippen LogP contribution is 2.41. The molecule has 3 aliphatic rings. The zero-order valence-corrected chi connectivity index (χ0v) is 24.1. The van der Waals surface area contributed by atoms with E-state index in [2.05, 4.69) is 12.2 Å². The zero-order valence-electron chi connectivity index (χ0n) is 23.3. The molecule has 6 nitrogen and oxygen atoms in total. The number of carbonyl (C=O) groups excluding carboxylic acids is 2. The van der Waals surface area contributed by atoms with Crippen LogP contribution in [0.2, 0.25) is 5.02 Å². The molecule has 1 saturated carbocycles. The van der Waals surface area contributed by atoms with Gasteiger partial charge in [-0.05, 0) is 67.9 Å². The Hall–Kier alpha value is -2.71. The van der Waals surface area contributed by atoms with Crippen LogP contribution in [0.5, 0.6) is 0 Å². The molecule has 0 radical (unpaired) electrons. The molecule has 40 heavy (non-hydrogen) atoms. The summed E-state index contributed by atoms with van der Waals surface area (Å²) in [5.74, 6) is -1.04. The van der Waals surface area contributed by atoms with Crippen molar-refractivity contribution in [2.45, 2.75) is 82.6 Å². The maximum absolute atomic E-state index is 15.2. The Labute approximate surface area is 240 Å². The Kier molecular flexibility index (Phi) is 8.66. The number of amides is 2. The van der Waals surface area contributed by atoms with E-state index in [4.69, 9.17) is 16.3 Å². The van der Waals surface area contributed by atoms with E-state index < -0.39 is 17.9 Å². The van der Waals surface area contributed by atoms with Gasteiger partial charge in [0.15, 0.2) is 0 Å².